The quantitative estimate of drug-likeness (QED) is 0.173. The van der Waals surface area contributed by atoms with Gasteiger partial charge in [-0.1, -0.05) is 19.9 Å². The lowest BCUT2D eigenvalue weighted by molar-refractivity contribution is -0.345. The van der Waals surface area contributed by atoms with Gasteiger partial charge in [0.25, 0.3) is 0 Å². The Morgan fingerprint density at radius 2 is 1.67 bits per heavy atom. The van der Waals surface area contributed by atoms with Crippen LogP contribution in [0.15, 0.2) is 24.3 Å². The number of piperidine rings is 1. The summed E-state index contributed by atoms with van der Waals surface area (Å²) in [6.07, 6.45) is -7.90. The number of nitrogens with one attached hydrogen (secondary N) is 1. The number of pyridine rings is 1. The van der Waals surface area contributed by atoms with Gasteiger partial charge in [0.2, 0.25) is 0 Å². The van der Waals surface area contributed by atoms with Crippen molar-refractivity contribution in [2.45, 2.75) is 77.2 Å². The Hall–Kier alpha value is -4.29. The van der Waals surface area contributed by atoms with E-state index in [4.69, 9.17) is 9.72 Å². The molecular weight excluding hydrogens is 744 g/mol. The van der Waals surface area contributed by atoms with Crippen molar-refractivity contribution in [2.75, 3.05) is 50.8 Å². The van der Waals surface area contributed by atoms with E-state index in [-0.39, 0.29) is 53.4 Å². The van der Waals surface area contributed by atoms with Crippen LogP contribution < -0.4 is 19.7 Å². The van der Waals surface area contributed by atoms with E-state index in [2.05, 4.69) is 29.7 Å². The topological polar surface area (TPSA) is 105 Å². The Morgan fingerprint density at radius 3 is 2.36 bits per heavy atom. The van der Waals surface area contributed by atoms with Gasteiger partial charge < -0.3 is 29.7 Å². The van der Waals surface area contributed by atoms with Gasteiger partial charge >= 0.3 is 18.7 Å². The SMILES string of the molecule is CC.Oc1cc(-c2nc3c4c(nc(OCC5(CN6CCC(OC(F)(F)F)CC6)CC5)nc4c2F)N2CCNCC2CC3)c2c(OC(F)(F)F)c(F)ccc2c1. The van der Waals surface area contributed by atoms with Gasteiger partial charge in [0.15, 0.2) is 17.4 Å². The number of nitrogens with zero attached hydrogens (tertiary/aromatic N) is 5. The number of phenols is 1. The summed E-state index contributed by atoms with van der Waals surface area (Å²) < 4.78 is 125. The predicted octanol–water partition coefficient (Wildman–Crippen LogP) is 7.64. The third-order valence-corrected chi connectivity index (χ3v) is 10.5. The number of hydrogen-bond acceptors (Lipinski definition) is 10. The highest BCUT2D eigenvalue weighted by Gasteiger charge is 2.46. The number of hydrogen-bond donors (Lipinski definition) is 2. The molecule has 2 aromatic heterocycles. The van der Waals surface area contributed by atoms with Crippen LogP contribution in [-0.2, 0) is 11.2 Å². The molecule has 10 nitrogen and oxygen atoms in total. The fourth-order valence-corrected chi connectivity index (χ4v) is 7.82. The lowest BCUT2D eigenvalue weighted by Crippen LogP contribution is -2.51. The highest BCUT2D eigenvalue weighted by atomic mass is 19.4. The summed E-state index contributed by atoms with van der Waals surface area (Å²) >= 11 is 0. The molecule has 0 bridgehead atoms. The molecule has 5 heterocycles. The van der Waals surface area contributed by atoms with Crippen molar-refractivity contribution in [1.82, 2.24) is 25.2 Å². The zero-order valence-corrected chi connectivity index (χ0v) is 30.1. The van der Waals surface area contributed by atoms with Crippen molar-refractivity contribution in [3.63, 3.8) is 0 Å². The van der Waals surface area contributed by atoms with E-state index >= 15 is 4.39 Å². The molecule has 1 unspecified atom stereocenters. The Labute approximate surface area is 310 Å². The van der Waals surface area contributed by atoms with E-state index in [0.717, 1.165) is 37.1 Å². The first-order valence-corrected chi connectivity index (χ1v) is 18.3. The molecule has 18 heteroatoms. The minimum atomic E-state index is -5.28. The predicted molar refractivity (Wildman–Crippen MR) is 186 cm³/mol. The first-order valence-electron chi connectivity index (χ1n) is 18.3. The molecule has 4 aromatic rings. The van der Waals surface area contributed by atoms with Crippen molar-refractivity contribution >= 4 is 27.5 Å². The molecule has 4 aliphatic rings. The Morgan fingerprint density at radius 1 is 0.927 bits per heavy atom. The first-order chi connectivity index (χ1) is 26.2. The lowest BCUT2D eigenvalue weighted by atomic mass is 9.98. The zero-order chi connectivity index (χ0) is 39.3. The largest absolute Gasteiger partial charge is 0.573 e. The lowest BCUT2D eigenvalue weighted by Gasteiger charge is -2.36. The Balaban J connectivity index is 0.00000229. The van der Waals surface area contributed by atoms with E-state index in [0.29, 0.717) is 69.0 Å². The average Bonchev–Trinajstić information content (AvgIpc) is 3.93. The van der Waals surface area contributed by atoms with Crippen molar-refractivity contribution in [3.05, 3.63) is 41.6 Å². The van der Waals surface area contributed by atoms with Crippen molar-refractivity contribution in [1.29, 1.82) is 0 Å². The van der Waals surface area contributed by atoms with Crippen LogP contribution in [0.2, 0.25) is 0 Å². The van der Waals surface area contributed by atoms with E-state index < -0.39 is 53.0 Å². The van der Waals surface area contributed by atoms with E-state index in [1.54, 1.807) is 0 Å². The highest BCUT2D eigenvalue weighted by Crippen LogP contribution is 2.48. The van der Waals surface area contributed by atoms with Crippen LogP contribution in [0.4, 0.5) is 40.9 Å². The number of benzene rings is 2. The normalized spacial score (nSPS) is 20.1. The van der Waals surface area contributed by atoms with Gasteiger partial charge in [0.05, 0.1) is 23.8 Å². The van der Waals surface area contributed by atoms with Gasteiger partial charge in [-0.3, -0.25) is 4.74 Å². The third kappa shape index (κ3) is 8.31. The summed E-state index contributed by atoms with van der Waals surface area (Å²) in [6, 6.07) is 3.83. The maximum atomic E-state index is 17.0. The second kappa shape index (κ2) is 15.0. The number of rotatable bonds is 8. The van der Waals surface area contributed by atoms with Gasteiger partial charge in [-0.2, -0.15) is 9.97 Å². The number of fused-ring (bicyclic) bond motifs is 3. The number of aromatic nitrogens is 3. The number of aromatic hydroxyl groups is 1. The summed E-state index contributed by atoms with van der Waals surface area (Å²) in [7, 11) is 0. The second-order valence-corrected chi connectivity index (χ2v) is 14.2. The van der Waals surface area contributed by atoms with Gasteiger partial charge in [-0.05, 0) is 62.1 Å². The molecule has 2 N–H and O–H groups in total. The maximum absolute atomic E-state index is 17.0. The second-order valence-electron chi connectivity index (χ2n) is 14.2. The van der Waals surface area contributed by atoms with Gasteiger partial charge in [-0.25, -0.2) is 13.8 Å². The molecule has 298 valence electrons. The van der Waals surface area contributed by atoms with Crippen LogP contribution >= 0.6 is 0 Å². The van der Waals surface area contributed by atoms with Crippen LogP contribution in [0.1, 0.15) is 51.6 Å². The fourth-order valence-electron chi connectivity index (χ4n) is 7.82. The number of halogens is 8. The summed E-state index contributed by atoms with van der Waals surface area (Å²) in [5.74, 6) is -3.61. The zero-order valence-electron chi connectivity index (χ0n) is 30.1. The van der Waals surface area contributed by atoms with Crippen molar-refractivity contribution in [2.24, 2.45) is 5.41 Å². The van der Waals surface area contributed by atoms with Crippen LogP contribution in [-0.4, -0.2) is 95.7 Å². The third-order valence-electron chi connectivity index (χ3n) is 10.5. The van der Waals surface area contributed by atoms with E-state index in [1.165, 1.54) is 0 Å². The standard InChI is InChI=1S/C35H34F8N6O4.C2H6/c36-23-3-1-18-13-20(50)14-22(25(18)30(23)53-35(41,42)43)28-27(37)29-26-24(45-28)4-2-19-15-44-9-12-49(19)31(26)47-32(46-29)51-17-33(7-8-33)16-48-10-5-21(6-11-48)52-34(38,39)40;1-2/h1,3,13-14,19,21,44,50H,2,4-12,15-17H2;1-2H3. The molecule has 1 saturated carbocycles. The number of piperazine rings is 1. The van der Waals surface area contributed by atoms with Gasteiger partial charge in [0.1, 0.15) is 22.8 Å². The van der Waals surface area contributed by atoms with Crippen LogP contribution in [0.3, 0.4) is 0 Å². The summed E-state index contributed by atoms with van der Waals surface area (Å²) in [5, 5.41) is 13.8. The maximum Gasteiger partial charge on any atom is 0.573 e. The van der Waals surface area contributed by atoms with Gasteiger partial charge in [-0.15, -0.1) is 26.3 Å². The molecule has 1 atom stereocenters. The first kappa shape index (κ1) is 39.0. The van der Waals surface area contributed by atoms with Crippen molar-refractivity contribution < 1.29 is 54.4 Å². The average molecular weight is 785 g/mol. The molecular formula is C37H40F8N6O4. The van der Waals surface area contributed by atoms with E-state index in [1.807, 2.05) is 18.7 Å². The summed E-state index contributed by atoms with van der Waals surface area (Å²) in [6.45, 7) is 7.34. The molecule has 3 fully saturated rings. The minimum absolute atomic E-state index is 0.0461. The Bertz CT molecular complexity index is 2050. The molecule has 2 saturated heterocycles. The minimum Gasteiger partial charge on any atom is -0.508 e. The molecule has 3 aliphatic heterocycles. The van der Waals surface area contributed by atoms with Crippen molar-refractivity contribution in [3.8, 4) is 28.8 Å². The van der Waals surface area contributed by atoms with E-state index in [9.17, 15) is 35.8 Å². The molecule has 8 rings (SSSR count). The molecule has 1 aliphatic carbocycles. The van der Waals surface area contributed by atoms with Crippen LogP contribution in [0.25, 0.3) is 32.9 Å². The number of anilines is 1. The highest BCUT2D eigenvalue weighted by molar-refractivity contribution is 6.04. The monoisotopic (exact) mass is 784 g/mol. The summed E-state index contributed by atoms with van der Waals surface area (Å²) in [4.78, 5) is 18.0. The smallest absolute Gasteiger partial charge is 0.508 e. The summed E-state index contributed by atoms with van der Waals surface area (Å²) in [5.41, 5.74) is -0.936. The number of phenolic OH excluding ortho intramolecular Hbond substituents is 1. The molecule has 2 aromatic carbocycles. The number of ether oxygens (including phenoxy) is 3. The van der Waals surface area contributed by atoms with Gasteiger partial charge in [0, 0.05) is 61.7 Å². The number of likely N-dealkylation sites (tertiary alicyclic amines) is 1. The fraction of sp³-hybridized carbons (Fsp3) is 0.541. The number of alkyl halides is 6. The molecule has 0 amide bonds. The van der Waals surface area contributed by atoms with Crippen LogP contribution in [0, 0.1) is 17.0 Å². The Kier molecular flexibility index (Phi) is 10.6. The molecule has 55 heavy (non-hydrogen) atoms. The molecule has 0 spiro atoms. The molecule has 0 radical (unpaired) electrons. The number of aryl methyl sites for hydroxylation is 1. The van der Waals surface area contributed by atoms with Crippen LogP contribution in [0.5, 0.6) is 17.5 Å².